The average molecular weight is 604 g/mol. The molecule has 1 aromatic carbocycles. The van der Waals surface area contributed by atoms with E-state index in [4.69, 9.17) is 22.9 Å². The molecule has 3 amide bonds. The molecule has 14 N–H and O–H groups in total. The molecule has 16 heteroatoms. The van der Waals surface area contributed by atoms with Crippen LogP contribution in [0.15, 0.2) is 35.5 Å². The normalized spacial score (nSPS) is 13.7. The smallest absolute Gasteiger partial charge is 0.326 e. The topological polar surface area (TPSA) is 294 Å². The van der Waals surface area contributed by atoms with Crippen molar-refractivity contribution in [3.8, 4) is 0 Å². The summed E-state index contributed by atoms with van der Waals surface area (Å²) in [6.45, 7) is 0.516. The van der Waals surface area contributed by atoms with E-state index < -0.39 is 60.2 Å². The molecule has 0 spiro atoms. The minimum atomic E-state index is -1.56. The average Bonchev–Trinajstić information content (AvgIpc) is 3.36. The third kappa shape index (κ3) is 11.6. The Morgan fingerprint density at radius 2 is 1.51 bits per heavy atom. The van der Waals surface area contributed by atoms with Crippen LogP contribution in [0.1, 0.15) is 44.1 Å². The number of nitrogens with zero attached hydrogens (tertiary/aromatic N) is 1. The molecule has 0 fully saturated rings. The van der Waals surface area contributed by atoms with Crippen LogP contribution < -0.4 is 38.9 Å². The minimum absolute atomic E-state index is 0.0277. The summed E-state index contributed by atoms with van der Waals surface area (Å²) in [5, 5.41) is 27.2. The molecule has 16 nitrogen and oxygen atoms in total. The number of aliphatic carboxylic acids is 2. The van der Waals surface area contributed by atoms with Crippen molar-refractivity contribution in [2.24, 2.45) is 27.9 Å². The van der Waals surface area contributed by atoms with Crippen molar-refractivity contribution in [2.75, 3.05) is 13.1 Å². The van der Waals surface area contributed by atoms with E-state index in [0.29, 0.717) is 24.9 Å². The van der Waals surface area contributed by atoms with Gasteiger partial charge in [-0.2, -0.15) is 0 Å². The number of guanidine groups is 1. The Hall–Kier alpha value is -4.70. The lowest BCUT2D eigenvalue weighted by Crippen LogP contribution is -2.57. The Bertz CT molecular complexity index is 1290. The molecule has 0 saturated heterocycles. The first-order valence-electron chi connectivity index (χ1n) is 13.8. The van der Waals surface area contributed by atoms with Gasteiger partial charge in [-0.1, -0.05) is 24.6 Å². The number of aliphatic imine (C=N–C) groups is 1. The summed E-state index contributed by atoms with van der Waals surface area (Å²) in [5.41, 5.74) is 23.5. The van der Waals surface area contributed by atoms with E-state index in [0.717, 1.165) is 10.9 Å². The van der Waals surface area contributed by atoms with Crippen molar-refractivity contribution < 1.29 is 34.2 Å². The number of aromatic nitrogens is 1. The quantitative estimate of drug-likeness (QED) is 0.0487. The van der Waals surface area contributed by atoms with Crippen LogP contribution in [0.2, 0.25) is 0 Å². The van der Waals surface area contributed by atoms with Gasteiger partial charge in [0.25, 0.3) is 0 Å². The third-order valence-electron chi connectivity index (χ3n) is 6.61. The van der Waals surface area contributed by atoms with Crippen molar-refractivity contribution >= 4 is 46.5 Å². The molecule has 0 bridgehead atoms. The van der Waals surface area contributed by atoms with Crippen LogP contribution in [0, 0.1) is 0 Å². The number of nitrogens with one attached hydrogen (secondary N) is 4. The summed E-state index contributed by atoms with van der Waals surface area (Å²) in [4.78, 5) is 69.5. The Kier molecular flexibility index (Phi) is 13.9. The molecule has 0 aliphatic heterocycles. The number of H-pyrrole nitrogens is 1. The van der Waals surface area contributed by atoms with Gasteiger partial charge in [-0.05, 0) is 43.9 Å². The van der Waals surface area contributed by atoms with Crippen molar-refractivity contribution in [1.29, 1.82) is 0 Å². The zero-order valence-corrected chi connectivity index (χ0v) is 23.8. The molecule has 1 heterocycles. The third-order valence-corrected chi connectivity index (χ3v) is 6.61. The predicted octanol–water partition coefficient (Wildman–Crippen LogP) is -1.77. The van der Waals surface area contributed by atoms with Gasteiger partial charge >= 0.3 is 11.9 Å². The molecule has 0 saturated carbocycles. The van der Waals surface area contributed by atoms with E-state index in [1.54, 1.807) is 12.3 Å². The van der Waals surface area contributed by atoms with Gasteiger partial charge in [0.1, 0.15) is 18.1 Å². The van der Waals surface area contributed by atoms with E-state index >= 15 is 0 Å². The molecule has 4 atom stereocenters. The number of fused-ring (bicyclic) bond motifs is 1. The maximum absolute atomic E-state index is 13.3. The first-order valence-corrected chi connectivity index (χ1v) is 13.8. The number of hydrogen-bond acceptors (Lipinski definition) is 8. The Morgan fingerprint density at radius 1 is 0.860 bits per heavy atom. The molecule has 1 aromatic heterocycles. The second kappa shape index (κ2) is 17.3. The summed E-state index contributed by atoms with van der Waals surface area (Å²) < 4.78 is 0. The maximum atomic E-state index is 13.3. The number of amides is 3. The lowest BCUT2D eigenvalue weighted by molar-refractivity contribution is -0.143. The molecule has 43 heavy (non-hydrogen) atoms. The van der Waals surface area contributed by atoms with Crippen molar-refractivity contribution in [1.82, 2.24) is 20.9 Å². The largest absolute Gasteiger partial charge is 0.481 e. The van der Waals surface area contributed by atoms with Gasteiger partial charge in [0.05, 0.1) is 12.5 Å². The molecule has 0 radical (unpaired) electrons. The lowest BCUT2D eigenvalue weighted by Gasteiger charge is -2.24. The van der Waals surface area contributed by atoms with E-state index in [9.17, 15) is 34.2 Å². The van der Waals surface area contributed by atoms with Gasteiger partial charge < -0.3 is 54.1 Å². The van der Waals surface area contributed by atoms with Gasteiger partial charge in [-0.15, -0.1) is 0 Å². The highest BCUT2D eigenvalue weighted by atomic mass is 16.4. The SMILES string of the molecule is NCCCCC(N)C(=O)NC(CC(=O)O)C(=O)NC(CCCN=C(N)N)C(=O)NC(Cc1c[nH]c2ccccc12)C(=O)O. The molecular weight excluding hydrogens is 562 g/mol. The highest BCUT2D eigenvalue weighted by Gasteiger charge is 2.31. The number of carboxylic acid groups (broad SMARTS) is 2. The standard InChI is InChI=1S/C27H41N9O7/c28-10-4-3-7-17(29)23(39)35-20(13-22(37)38)25(41)34-19(9-5-11-32-27(30)31)24(40)36-21(26(42)43)12-15-14-33-18-8-2-1-6-16(15)18/h1-2,6,8,14,17,19-21,33H,3-5,7,9-13,28-29H2,(H,34,41)(H,35,39)(H,36,40)(H,37,38)(H,42,43)(H4,30,31,32). The highest BCUT2D eigenvalue weighted by Crippen LogP contribution is 2.19. The van der Waals surface area contributed by atoms with Crippen LogP contribution in [-0.2, 0) is 30.4 Å². The van der Waals surface area contributed by atoms with Crippen LogP contribution >= 0.6 is 0 Å². The molecule has 0 aliphatic rings. The van der Waals surface area contributed by atoms with Crippen molar-refractivity contribution in [3.05, 3.63) is 36.0 Å². The van der Waals surface area contributed by atoms with Crippen LogP contribution in [0.25, 0.3) is 10.9 Å². The maximum Gasteiger partial charge on any atom is 0.326 e. The van der Waals surface area contributed by atoms with Crippen LogP contribution in [0.4, 0.5) is 0 Å². The number of carbonyl (C=O) groups is 5. The van der Waals surface area contributed by atoms with Crippen LogP contribution in [-0.4, -0.2) is 88.1 Å². The summed E-state index contributed by atoms with van der Waals surface area (Å²) in [7, 11) is 0. The van der Waals surface area contributed by atoms with Crippen LogP contribution in [0.5, 0.6) is 0 Å². The molecule has 2 rings (SSSR count). The Morgan fingerprint density at radius 3 is 2.16 bits per heavy atom. The number of unbranched alkanes of at least 4 members (excludes halogenated alkanes) is 1. The minimum Gasteiger partial charge on any atom is -0.481 e. The molecule has 0 aliphatic carbocycles. The fourth-order valence-electron chi connectivity index (χ4n) is 4.34. The summed E-state index contributed by atoms with van der Waals surface area (Å²) >= 11 is 0. The van der Waals surface area contributed by atoms with Gasteiger partial charge in [0.2, 0.25) is 17.7 Å². The van der Waals surface area contributed by atoms with Crippen molar-refractivity contribution in [2.45, 2.75) is 69.1 Å². The van der Waals surface area contributed by atoms with E-state index in [1.165, 1.54) is 0 Å². The van der Waals surface area contributed by atoms with Crippen LogP contribution in [0.3, 0.4) is 0 Å². The fourth-order valence-corrected chi connectivity index (χ4v) is 4.34. The molecule has 4 unspecified atom stereocenters. The summed E-state index contributed by atoms with van der Waals surface area (Å²) in [6.07, 6.45) is 2.46. The summed E-state index contributed by atoms with van der Waals surface area (Å²) in [5.74, 6) is -5.39. The van der Waals surface area contributed by atoms with E-state index in [1.807, 2.05) is 18.2 Å². The molecule has 2 aromatic rings. The second-order valence-electron chi connectivity index (χ2n) is 10.0. The van der Waals surface area contributed by atoms with E-state index in [-0.39, 0.29) is 38.2 Å². The lowest BCUT2D eigenvalue weighted by atomic mass is 10.0. The number of carbonyl (C=O) groups excluding carboxylic acids is 3. The highest BCUT2D eigenvalue weighted by molar-refractivity contribution is 5.95. The number of para-hydroxylation sites is 1. The second-order valence-corrected chi connectivity index (χ2v) is 10.0. The number of hydrogen-bond donors (Lipinski definition) is 10. The fraction of sp³-hybridized carbons (Fsp3) is 0.481. The monoisotopic (exact) mass is 603 g/mol. The molecule has 236 valence electrons. The van der Waals surface area contributed by atoms with Crippen molar-refractivity contribution in [3.63, 3.8) is 0 Å². The number of aromatic amines is 1. The summed E-state index contributed by atoms with van der Waals surface area (Å²) in [6, 6.07) is 2.04. The predicted molar refractivity (Wildman–Crippen MR) is 158 cm³/mol. The molecular formula is C27H41N9O7. The zero-order valence-electron chi connectivity index (χ0n) is 23.8. The Labute approximate surface area is 248 Å². The number of rotatable bonds is 19. The first kappa shape index (κ1) is 34.5. The van der Waals surface area contributed by atoms with Gasteiger partial charge in [0.15, 0.2) is 5.96 Å². The van der Waals surface area contributed by atoms with Gasteiger partial charge in [-0.3, -0.25) is 24.2 Å². The van der Waals surface area contributed by atoms with E-state index in [2.05, 4.69) is 25.9 Å². The number of benzene rings is 1. The zero-order chi connectivity index (χ0) is 31.9. The van der Waals surface area contributed by atoms with Gasteiger partial charge in [-0.25, -0.2) is 4.79 Å². The Balaban J connectivity index is 2.20. The first-order chi connectivity index (χ1) is 20.4. The number of carboxylic acids is 2. The number of nitrogens with two attached hydrogens (primary N) is 4. The van der Waals surface area contributed by atoms with Gasteiger partial charge in [0, 0.05) is 30.1 Å².